The lowest BCUT2D eigenvalue weighted by atomic mass is 10.2. The molecule has 0 unspecified atom stereocenters. The molecule has 3 rings (SSSR count). The average molecular weight is 373 g/mol. The molecule has 25 heavy (non-hydrogen) atoms. The van der Waals surface area contributed by atoms with Crippen LogP contribution >= 0.6 is 23.4 Å². The van der Waals surface area contributed by atoms with Crippen molar-refractivity contribution in [2.45, 2.75) is 5.16 Å². The van der Waals surface area contributed by atoms with Gasteiger partial charge in [0.1, 0.15) is 0 Å². The molecule has 0 saturated heterocycles. The quantitative estimate of drug-likeness (QED) is 0.408. The van der Waals surface area contributed by atoms with Gasteiger partial charge in [0.25, 0.3) is 5.91 Å². The third-order valence-electron chi connectivity index (χ3n) is 3.05. The fraction of sp³-hybridized carbons (Fsp3) is 0.0625. The van der Waals surface area contributed by atoms with Gasteiger partial charge in [-0.25, -0.2) is 5.43 Å². The lowest BCUT2D eigenvalue weighted by Crippen LogP contribution is -2.20. The Bertz CT molecular complexity index is 866. The van der Waals surface area contributed by atoms with Gasteiger partial charge in [0, 0.05) is 5.02 Å². The molecule has 2 aromatic carbocycles. The van der Waals surface area contributed by atoms with Gasteiger partial charge in [-0.05, 0) is 40.3 Å². The summed E-state index contributed by atoms with van der Waals surface area (Å²) in [4.78, 5) is 11.9. The second-order valence-corrected chi connectivity index (χ2v) is 6.22. The molecule has 1 aromatic heterocycles. The minimum atomic E-state index is -0.252. The molecule has 126 valence electrons. The van der Waals surface area contributed by atoms with E-state index in [1.165, 1.54) is 11.8 Å². The summed E-state index contributed by atoms with van der Waals surface area (Å²) in [6, 6.07) is 16.6. The summed E-state index contributed by atoms with van der Waals surface area (Å²) >= 11 is 7.04. The number of hydrogen-bond acceptors (Lipinski definition) is 6. The van der Waals surface area contributed by atoms with Crippen LogP contribution in [0.5, 0.6) is 0 Å². The van der Waals surface area contributed by atoms with Crippen molar-refractivity contribution >= 4 is 35.5 Å². The minimum Gasteiger partial charge on any atom is -0.272 e. The molecule has 0 saturated carbocycles. The summed E-state index contributed by atoms with van der Waals surface area (Å²) in [5.41, 5.74) is 4.13. The number of tetrazole rings is 1. The van der Waals surface area contributed by atoms with E-state index in [-0.39, 0.29) is 11.7 Å². The number of amides is 1. The number of benzene rings is 2. The molecule has 0 aliphatic carbocycles. The number of thioether (sulfide) groups is 1. The minimum absolute atomic E-state index is 0.144. The van der Waals surface area contributed by atoms with Crippen LogP contribution in [0.25, 0.3) is 5.69 Å². The Morgan fingerprint density at radius 1 is 1.20 bits per heavy atom. The van der Waals surface area contributed by atoms with Gasteiger partial charge in [0.05, 0.1) is 17.7 Å². The smallest absolute Gasteiger partial charge is 0.250 e. The van der Waals surface area contributed by atoms with Crippen LogP contribution in [0, 0.1) is 0 Å². The standard InChI is InChI=1S/C16H13ClN6OS/c17-13-8-6-12(7-9-13)10-18-19-15(24)11-25-16-20-21-22-23(16)14-4-2-1-3-5-14/h1-10H,11H2,(H,19,24)/b18-10-. The number of para-hydroxylation sites is 1. The number of halogens is 1. The zero-order valence-corrected chi connectivity index (χ0v) is 14.5. The first-order valence-electron chi connectivity index (χ1n) is 7.26. The molecule has 7 nitrogen and oxygen atoms in total. The highest BCUT2D eigenvalue weighted by Gasteiger charge is 2.10. The molecule has 1 amide bonds. The number of nitrogens with zero attached hydrogens (tertiary/aromatic N) is 5. The molecule has 9 heteroatoms. The number of nitrogens with one attached hydrogen (secondary N) is 1. The normalized spacial score (nSPS) is 10.9. The van der Waals surface area contributed by atoms with Crippen molar-refractivity contribution in [1.29, 1.82) is 0 Å². The van der Waals surface area contributed by atoms with Crippen LogP contribution in [0.3, 0.4) is 0 Å². The summed E-state index contributed by atoms with van der Waals surface area (Å²) in [5, 5.41) is 16.6. The Morgan fingerprint density at radius 3 is 2.72 bits per heavy atom. The zero-order valence-electron chi connectivity index (χ0n) is 12.9. The second-order valence-electron chi connectivity index (χ2n) is 4.84. The molecule has 0 aliphatic rings. The molecule has 0 aliphatic heterocycles. The summed E-state index contributed by atoms with van der Waals surface area (Å²) < 4.78 is 1.58. The van der Waals surface area contributed by atoms with E-state index in [1.54, 1.807) is 35.2 Å². The Hall–Kier alpha value is -2.71. The van der Waals surface area contributed by atoms with Crippen molar-refractivity contribution in [2.75, 3.05) is 5.75 Å². The first kappa shape index (κ1) is 17.1. The third kappa shape index (κ3) is 4.88. The Morgan fingerprint density at radius 2 is 1.96 bits per heavy atom. The Labute approximate surface area is 153 Å². The van der Waals surface area contributed by atoms with E-state index in [9.17, 15) is 4.79 Å². The lowest BCUT2D eigenvalue weighted by molar-refractivity contribution is -0.118. The second kappa shape index (κ2) is 8.41. The van der Waals surface area contributed by atoms with E-state index >= 15 is 0 Å². The monoisotopic (exact) mass is 372 g/mol. The SMILES string of the molecule is O=C(CSc1nnnn1-c1ccccc1)N/N=C\c1ccc(Cl)cc1. The van der Waals surface area contributed by atoms with E-state index in [4.69, 9.17) is 11.6 Å². The molecule has 1 N–H and O–H groups in total. The third-order valence-corrected chi connectivity index (χ3v) is 4.22. The van der Waals surface area contributed by atoms with Gasteiger partial charge in [-0.2, -0.15) is 9.78 Å². The Kier molecular flexibility index (Phi) is 5.76. The van der Waals surface area contributed by atoms with Crippen LogP contribution in [-0.4, -0.2) is 38.1 Å². The summed E-state index contributed by atoms with van der Waals surface area (Å²) in [6.07, 6.45) is 1.55. The maximum absolute atomic E-state index is 11.9. The molecule has 0 fully saturated rings. The molecule has 3 aromatic rings. The van der Waals surface area contributed by atoms with Crippen molar-refractivity contribution < 1.29 is 4.79 Å². The molecule has 1 heterocycles. The highest BCUT2D eigenvalue weighted by atomic mass is 35.5. The van der Waals surface area contributed by atoms with Gasteiger partial charge in [-0.3, -0.25) is 4.79 Å². The summed E-state index contributed by atoms with van der Waals surface area (Å²) in [6.45, 7) is 0. The molecular weight excluding hydrogens is 360 g/mol. The number of aromatic nitrogens is 4. The number of hydrazone groups is 1. The molecule has 0 bridgehead atoms. The molecule has 0 radical (unpaired) electrons. The zero-order chi connectivity index (χ0) is 17.5. The van der Waals surface area contributed by atoms with Crippen molar-refractivity contribution in [2.24, 2.45) is 5.10 Å². The fourth-order valence-corrected chi connectivity index (χ4v) is 2.70. The maximum Gasteiger partial charge on any atom is 0.250 e. The van der Waals surface area contributed by atoms with Crippen LogP contribution in [0.1, 0.15) is 5.56 Å². The van der Waals surface area contributed by atoms with E-state index in [1.807, 2.05) is 30.3 Å². The van der Waals surface area contributed by atoms with Crippen LogP contribution in [0.4, 0.5) is 0 Å². The van der Waals surface area contributed by atoms with Crippen molar-refractivity contribution in [1.82, 2.24) is 25.6 Å². The van der Waals surface area contributed by atoms with E-state index < -0.39 is 0 Å². The molecular formula is C16H13ClN6OS. The molecule has 0 atom stereocenters. The van der Waals surface area contributed by atoms with Gasteiger partial charge in [-0.15, -0.1) is 5.10 Å². The first-order chi connectivity index (χ1) is 12.2. The predicted octanol–water partition coefficient (Wildman–Crippen LogP) is 2.56. The van der Waals surface area contributed by atoms with Crippen molar-refractivity contribution in [3.05, 3.63) is 65.2 Å². The van der Waals surface area contributed by atoms with Gasteiger partial charge in [0.2, 0.25) is 5.16 Å². The van der Waals surface area contributed by atoms with Crippen LogP contribution < -0.4 is 5.43 Å². The van der Waals surface area contributed by atoms with Crippen molar-refractivity contribution in [3.63, 3.8) is 0 Å². The van der Waals surface area contributed by atoms with Crippen LogP contribution in [0.2, 0.25) is 5.02 Å². The van der Waals surface area contributed by atoms with Gasteiger partial charge in [-0.1, -0.05) is 53.7 Å². The number of hydrogen-bond donors (Lipinski definition) is 1. The highest BCUT2D eigenvalue weighted by Crippen LogP contribution is 2.17. The van der Waals surface area contributed by atoms with E-state index in [2.05, 4.69) is 26.1 Å². The van der Waals surface area contributed by atoms with Crippen LogP contribution in [0.15, 0.2) is 64.9 Å². The Balaban J connectivity index is 1.53. The molecule has 0 spiro atoms. The van der Waals surface area contributed by atoms with Gasteiger partial charge < -0.3 is 0 Å². The highest BCUT2D eigenvalue weighted by molar-refractivity contribution is 7.99. The number of carbonyl (C=O) groups is 1. The lowest BCUT2D eigenvalue weighted by Gasteiger charge is -2.03. The first-order valence-corrected chi connectivity index (χ1v) is 8.63. The van der Waals surface area contributed by atoms with Crippen LogP contribution in [-0.2, 0) is 4.79 Å². The largest absolute Gasteiger partial charge is 0.272 e. The van der Waals surface area contributed by atoms with Gasteiger partial charge in [0.15, 0.2) is 0 Å². The summed E-state index contributed by atoms with van der Waals surface area (Å²) in [7, 11) is 0. The van der Waals surface area contributed by atoms with E-state index in [0.29, 0.717) is 10.2 Å². The number of carbonyl (C=O) groups excluding carboxylic acids is 1. The summed E-state index contributed by atoms with van der Waals surface area (Å²) in [5.74, 6) is -0.108. The van der Waals surface area contributed by atoms with Crippen molar-refractivity contribution in [3.8, 4) is 5.69 Å². The number of rotatable bonds is 6. The van der Waals surface area contributed by atoms with Gasteiger partial charge >= 0.3 is 0 Å². The predicted molar refractivity (Wildman–Crippen MR) is 97.1 cm³/mol. The maximum atomic E-state index is 11.9. The fourth-order valence-electron chi connectivity index (χ4n) is 1.89. The van der Waals surface area contributed by atoms with E-state index in [0.717, 1.165) is 11.3 Å². The topological polar surface area (TPSA) is 85.1 Å². The average Bonchev–Trinajstić information content (AvgIpc) is 3.11.